The van der Waals surface area contributed by atoms with Crippen molar-refractivity contribution in [2.24, 2.45) is 0 Å². The molecule has 0 heterocycles. The summed E-state index contributed by atoms with van der Waals surface area (Å²) in [6.45, 7) is 9.26. The van der Waals surface area contributed by atoms with Crippen LogP contribution in [0.3, 0.4) is 0 Å². The van der Waals surface area contributed by atoms with Crippen molar-refractivity contribution in [1.82, 2.24) is 10.6 Å². The first-order chi connectivity index (χ1) is 10.1. The Bertz CT molecular complexity index is 475. The van der Waals surface area contributed by atoms with E-state index >= 15 is 0 Å². The summed E-state index contributed by atoms with van der Waals surface area (Å²) in [6, 6.07) is 5.55. The van der Waals surface area contributed by atoms with E-state index in [0.29, 0.717) is 18.8 Å². The van der Waals surface area contributed by atoms with Crippen LogP contribution in [0.5, 0.6) is 11.5 Å². The molecule has 1 unspecified atom stereocenters. The maximum Gasteiger partial charge on any atom is 0.261 e. The molecule has 21 heavy (non-hydrogen) atoms. The van der Waals surface area contributed by atoms with Crippen LogP contribution >= 0.6 is 0 Å². The van der Waals surface area contributed by atoms with E-state index in [0.717, 1.165) is 17.9 Å². The molecular weight excluding hydrogens is 268 g/mol. The van der Waals surface area contributed by atoms with Gasteiger partial charge in [0.1, 0.15) is 11.5 Å². The van der Waals surface area contributed by atoms with Crippen molar-refractivity contribution in [1.29, 1.82) is 0 Å². The number of rotatable bonds is 9. The second kappa shape index (κ2) is 9.02. The molecule has 0 spiro atoms. The van der Waals surface area contributed by atoms with Crippen LogP contribution in [0.2, 0.25) is 0 Å². The molecule has 1 amide bonds. The lowest BCUT2D eigenvalue weighted by Gasteiger charge is -2.18. The zero-order valence-electron chi connectivity index (χ0n) is 12.9. The van der Waals surface area contributed by atoms with Gasteiger partial charge in [-0.25, -0.2) is 0 Å². The fourth-order valence-corrected chi connectivity index (χ4v) is 1.76. The van der Waals surface area contributed by atoms with Crippen LogP contribution in [-0.2, 0) is 11.3 Å². The summed E-state index contributed by atoms with van der Waals surface area (Å²) < 4.78 is 11.0. The van der Waals surface area contributed by atoms with Crippen molar-refractivity contribution in [3.63, 3.8) is 0 Å². The minimum atomic E-state index is -0.571. The molecule has 1 aromatic rings. The van der Waals surface area contributed by atoms with Crippen LogP contribution in [0.25, 0.3) is 0 Å². The molecule has 0 fully saturated rings. The normalized spacial score (nSPS) is 11.6. The van der Waals surface area contributed by atoms with Gasteiger partial charge in [-0.3, -0.25) is 4.79 Å². The minimum Gasteiger partial charge on any atom is -0.497 e. The average Bonchev–Trinajstić information content (AvgIpc) is 2.51. The van der Waals surface area contributed by atoms with Crippen molar-refractivity contribution in [2.75, 3.05) is 20.2 Å². The Morgan fingerprint density at radius 3 is 2.86 bits per heavy atom. The molecule has 1 rings (SSSR count). The SMILES string of the molecule is C=CCNC(=O)C(C)Oc1ccc(OC)cc1CNCC. The molecule has 0 aliphatic carbocycles. The van der Waals surface area contributed by atoms with Crippen molar-refractivity contribution in [2.45, 2.75) is 26.5 Å². The van der Waals surface area contributed by atoms with Gasteiger partial charge in [-0.1, -0.05) is 13.0 Å². The van der Waals surface area contributed by atoms with Crippen molar-refractivity contribution < 1.29 is 14.3 Å². The highest BCUT2D eigenvalue weighted by Gasteiger charge is 2.16. The molecule has 0 radical (unpaired) electrons. The van der Waals surface area contributed by atoms with Crippen LogP contribution < -0.4 is 20.1 Å². The molecule has 5 nitrogen and oxygen atoms in total. The third-order valence-corrected chi connectivity index (χ3v) is 2.93. The van der Waals surface area contributed by atoms with E-state index in [-0.39, 0.29) is 5.91 Å². The summed E-state index contributed by atoms with van der Waals surface area (Å²) in [5.74, 6) is 1.28. The Labute approximate surface area is 126 Å². The average molecular weight is 292 g/mol. The molecule has 5 heteroatoms. The first-order valence-corrected chi connectivity index (χ1v) is 7.05. The Kier molecular flexibility index (Phi) is 7.32. The summed E-state index contributed by atoms with van der Waals surface area (Å²) in [5.41, 5.74) is 0.958. The highest BCUT2D eigenvalue weighted by molar-refractivity contribution is 5.80. The molecule has 1 aromatic carbocycles. The molecule has 0 saturated carbocycles. The van der Waals surface area contributed by atoms with E-state index in [2.05, 4.69) is 17.2 Å². The standard InChI is InChI=1S/C16H24N2O3/c1-5-9-18-16(19)12(3)21-15-8-7-14(20-4)10-13(15)11-17-6-2/h5,7-8,10,12,17H,1,6,9,11H2,2-4H3,(H,18,19). The molecular formula is C16H24N2O3. The monoisotopic (exact) mass is 292 g/mol. The number of benzene rings is 1. The van der Waals surface area contributed by atoms with Gasteiger partial charge >= 0.3 is 0 Å². The first kappa shape index (κ1) is 17.0. The van der Waals surface area contributed by atoms with Gasteiger partial charge in [0.25, 0.3) is 5.91 Å². The highest BCUT2D eigenvalue weighted by Crippen LogP contribution is 2.25. The molecule has 0 aliphatic heterocycles. The quantitative estimate of drug-likeness (QED) is 0.682. The molecule has 0 saturated heterocycles. The molecule has 1 atom stereocenters. The predicted octanol–water partition coefficient (Wildman–Crippen LogP) is 1.87. The second-order valence-electron chi connectivity index (χ2n) is 4.55. The van der Waals surface area contributed by atoms with E-state index in [9.17, 15) is 4.79 Å². The Hall–Kier alpha value is -2.01. The largest absolute Gasteiger partial charge is 0.497 e. The van der Waals surface area contributed by atoms with Crippen LogP contribution in [0, 0.1) is 0 Å². The first-order valence-electron chi connectivity index (χ1n) is 7.05. The summed E-state index contributed by atoms with van der Waals surface area (Å²) in [7, 11) is 1.62. The molecule has 2 N–H and O–H groups in total. The molecule has 116 valence electrons. The summed E-state index contributed by atoms with van der Waals surface area (Å²) >= 11 is 0. The van der Waals surface area contributed by atoms with Gasteiger partial charge in [-0.05, 0) is 31.7 Å². The fourth-order valence-electron chi connectivity index (χ4n) is 1.76. The lowest BCUT2D eigenvalue weighted by Crippen LogP contribution is -2.36. The molecule has 0 aliphatic rings. The lowest BCUT2D eigenvalue weighted by molar-refractivity contribution is -0.127. The Morgan fingerprint density at radius 2 is 2.24 bits per heavy atom. The van der Waals surface area contributed by atoms with Gasteiger partial charge in [-0.15, -0.1) is 6.58 Å². The highest BCUT2D eigenvalue weighted by atomic mass is 16.5. The second-order valence-corrected chi connectivity index (χ2v) is 4.55. The van der Waals surface area contributed by atoms with Gasteiger partial charge in [0.05, 0.1) is 7.11 Å². The number of carbonyl (C=O) groups is 1. The molecule has 0 bridgehead atoms. The van der Waals surface area contributed by atoms with Crippen LogP contribution in [0.1, 0.15) is 19.4 Å². The van der Waals surface area contributed by atoms with Crippen LogP contribution in [0.4, 0.5) is 0 Å². The van der Waals surface area contributed by atoms with Gasteiger partial charge < -0.3 is 20.1 Å². The Balaban J connectivity index is 2.80. The summed E-state index contributed by atoms with van der Waals surface area (Å²) in [4.78, 5) is 11.8. The van der Waals surface area contributed by atoms with Crippen molar-refractivity contribution in [3.05, 3.63) is 36.4 Å². The Morgan fingerprint density at radius 1 is 1.48 bits per heavy atom. The minimum absolute atomic E-state index is 0.167. The van der Waals surface area contributed by atoms with Gasteiger partial charge in [0, 0.05) is 18.7 Å². The van der Waals surface area contributed by atoms with E-state index in [1.165, 1.54) is 0 Å². The summed E-state index contributed by atoms with van der Waals surface area (Å²) in [5, 5.41) is 5.96. The van der Waals surface area contributed by atoms with E-state index in [1.807, 2.05) is 25.1 Å². The third-order valence-electron chi connectivity index (χ3n) is 2.93. The van der Waals surface area contributed by atoms with E-state index in [4.69, 9.17) is 9.47 Å². The van der Waals surface area contributed by atoms with Crippen LogP contribution in [-0.4, -0.2) is 32.2 Å². The van der Waals surface area contributed by atoms with Gasteiger partial charge in [0.2, 0.25) is 0 Å². The maximum atomic E-state index is 11.8. The number of nitrogens with one attached hydrogen (secondary N) is 2. The van der Waals surface area contributed by atoms with Gasteiger partial charge in [-0.2, -0.15) is 0 Å². The summed E-state index contributed by atoms with van der Waals surface area (Å²) in [6.07, 6.45) is 1.06. The molecule has 0 aromatic heterocycles. The number of hydrogen-bond donors (Lipinski definition) is 2. The number of hydrogen-bond acceptors (Lipinski definition) is 4. The number of ether oxygens (including phenoxy) is 2. The zero-order valence-corrected chi connectivity index (χ0v) is 12.9. The van der Waals surface area contributed by atoms with E-state index in [1.54, 1.807) is 20.1 Å². The van der Waals surface area contributed by atoms with Crippen molar-refractivity contribution >= 4 is 5.91 Å². The fraction of sp³-hybridized carbons (Fsp3) is 0.438. The number of amides is 1. The smallest absolute Gasteiger partial charge is 0.261 e. The van der Waals surface area contributed by atoms with Gasteiger partial charge in [0.15, 0.2) is 6.10 Å². The zero-order chi connectivity index (χ0) is 15.7. The predicted molar refractivity (Wildman–Crippen MR) is 83.7 cm³/mol. The van der Waals surface area contributed by atoms with Crippen LogP contribution in [0.15, 0.2) is 30.9 Å². The topological polar surface area (TPSA) is 59.6 Å². The third kappa shape index (κ3) is 5.47. The van der Waals surface area contributed by atoms with E-state index < -0.39 is 6.10 Å². The number of methoxy groups -OCH3 is 1. The lowest BCUT2D eigenvalue weighted by atomic mass is 10.2. The number of carbonyl (C=O) groups excluding carboxylic acids is 1. The van der Waals surface area contributed by atoms with Crippen molar-refractivity contribution in [3.8, 4) is 11.5 Å². The maximum absolute atomic E-state index is 11.8.